The summed E-state index contributed by atoms with van der Waals surface area (Å²) in [6, 6.07) is 1.23. The SMILES string of the molecule is CCCOc1cc(C)nc(NC(C)C(N)=O)n1. The van der Waals surface area contributed by atoms with Gasteiger partial charge in [0.15, 0.2) is 0 Å². The first kappa shape index (κ1) is 13.2. The van der Waals surface area contributed by atoms with Crippen LogP contribution in [-0.4, -0.2) is 28.5 Å². The van der Waals surface area contributed by atoms with E-state index in [-0.39, 0.29) is 0 Å². The average Bonchev–Trinajstić information content (AvgIpc) is 2.25. The number of primary amides is 1. The summed E-state index contributed by atoms with van der Waals surface area (Å²) in [7, 11) is 0. The molecule has 0 radical (unpaired) electrons. The molecule has 0 aliphatic heterocycles. The van der Waals surface area contributed by atoms with Crippen LogP contribution in [0.2, 0.25) is 0 Å². The molecule has 1 aromatic rings. The molecule has 0 fully saturated rings. The number of aryl methyl sites for hydroxylation is 1. The first-order valence-corrected chi connectivity index (χ1v) is 5.57. The van der Waals surface area contributed by atoms with Crippen molar-refractivity contribution in [1.82, 2.24) is 9.97 Å². The van der Waals surface area contributed by atoms with E-state index in [0.29, 0.717) is 18.4 Å². The Morgan fingerprint density at radius 1 is 1.59 bits per heavy atom. The molecule has 1 atom stereocenters. The topological polar surface area (TPSA) is 90.1 Å². The third kappa shape index (κ3) is 4.26. The van der Waals surface area contributed by atoms with Crippen molar-refractivity contribution in [2.24, 2.45) is 5.73 Å². The highest BCUT2D eigenvalue weighted by Crippen LogP contribution is 2.12. The van der Waals surface area contributed by atoms with Gasteiger partial charge in [0, 0.05) is 11.8 Å². The van der Waals surface area contributed by atoms with Crippen LogP contribution in [-0.2, 0) is 4.79 Å². The van der Waals surface area contributed by atoms with Crippen LogP contribution in [0.5, 0.6) is 5.88 Å². The lowest BCUT2D eigenvalue weighted by molar-refractivity contribution is -0.118. The van der Waals surface area contributed by atoms with Gasteiger partial charge in [-0.2, -0.15) is 4.98 Å². The van der Waals surface area contributed by atoms with E-state index in [9.17, 15) is 4.79 Å². The van der Waals surface area contributed by atoms with Gasteiger partial charge in [0.25, 0.3) is 0 Å². The number of carbonyl (C=O) groups excluding carboxylic acids is 1. The van der Waals surface area contributed by atoms with Gasteiger partial charge < -0.3 is 15.8 Å². The van der Waals surface area contributed by atoms with Crippen LogP contribution in [0.15, 0.2) is 6.07 Å². The molecule has 0 saturated carbocycles. The highest BCUT2D eigenvalue weighted by molar-refractivity contribution is 5.81. The Morgan fingerprint density at radius 3 is 2.88 bits per heavy atom. The third-order valence-electron chi connectivity index (χ3n) is 2.06. The van der Waals surface area contributed by atoms with Crippen molar-refractivity contribution in [3.8, 4) is 5.88 Å². The van der Waals surface area contributed by atoms with Crippen molar-refractivity contribution in [1.29, 1.82) is 0 Å². The van der Waals surface area contributed by atoms with Gasteiger partial charge >= 0.3 is 0 Å². The van der Waals surface area contributed by atoms with Crippen molar-refractivity contribution in [2.75, 3.05) is 11.9 Å². The van der Waals surface area contributed by atoms with Gasteiger partial charge in [-0.25, -0.2) is 4.98 Å². The minimum atomic E-state index is -0.518. The maximum Gasteiger partial charge on any atom is 0.239 e. The Morgan fingerprint density at radius 2 is 2.29 bits per heavy atom. The first-order chi connectivity index (χ1) is 8.02. The zero-order valence-corrected chi connectivity index (χ0v) is 10.4. The minimum Gasteiger partial charge on any atom is -0.478 e. The number of hydrogen-bond donors (Lipinski definition) is 2. The summed E-state index contributed by atoms with van der Waals surface area (Å²) in [5.74, 6) is 0.395. The van der Waals surface area contributed by atoms with E-state index < -0.39 is 11.9 Å². The first-order valence-electron chi connectivity index (χ1n) is 5.57. The highest BCUT2D eigenvalue weighted by atomic mass is 16.5. The normalized spacial score (nSPS) is 11.9. The van der Waals surface area contributed by atoms with Crippen molar-refractivity contribution < 1.29 is 9.53 Å². The third-order valence-corrected chi connectivity index (χ3v) is 2.06. The Hall–Kier alpha value is -1.85. The van der Waals surface area contributed by atoms with Crippen LogP contribution in [0.25, 0.3) is 0 Å². The quantitative estimate of drug-likeness (QED) is 0.767. The van der Waals surface area contributed by atoms with E-state index in [0.717, 1.165) is 12.1 Å². The number of amides is 1. The molecule has 94 valence electrons. The Labute approximate surface area is 101 Å². The summed E-state index contributed by atoms with van der Waals surface area (Å²) >= 11 is 0. The second-order valence-corrected chi connectivity index (χ2v) is 3.79. The van der Waals surface area contributed by atoms with Crippen molar-refractivity contribution in [3.05, 3.63) is 11.8 Å². The zero-order valence-electron chi connectivity index (χ0n) is 10.4. The number of nitrogens with zero attached hydrogens (tertiary/aromatic N) is 2. The van der Waals surface area contributed by atoms with Crippen LogP contribution in [0.1, 0.15) is 26.0 Å². The molecule has 6 nitrogen and oxygen atoms in total. The van der Waals surface area contributed by atoms with Crippen LogP contribution >= 0.6 is 0 Å². The second-order valence-electron chi connectivity index (χ2n) is 3.79. The minimum absolute atomic E-state index is 0.349. The van der Waals surface area contributed by atoms with Gasteiger partial charge in [-0.05, 0) is 20.3 Å². The van der Waals surface area contributed by atoms with Gasteiger partial charge in [-0.3, -0.25) is 4.79 Å². The van der Waals surface area contributed by atoms with Crippen LogP contribution < -0.4 is 15.8 Å². The summed E-state index contributed by atoms with van der Waals surface area (Å²) < 4.78 is 5.41. The molecule has 6 heteroatoms. The maximum absolute atomic E-state index is 10.9. The number of anilines is 1. The standard InChI is InChI=1S/C11H18N4O2/c1-4-5-17-9-6-7(2)13-11(15-9)14-8(3)10(12)16/h6,8H,4-5H2,1-3H3,(H2,12,16)(H,13,14,15). The highest BCUT2D eigenvalue weighted by Gasteiger charge is 2.11. The Bertz CT molecular complexity index is 395. The predicted octanol–water partition coefficient (Wildman–Crippen LogP) is 0.860. The summed E-state index contributed by atoms with van der Waals surface area (Å²) in [6.07, 6.45) is 0.906. The number of aromatic nitrogens is 2. The molecule has 0 saturated heterocycles. The molecular weight excluding hydrogens is 220 g/mol. The Kier molecular flexibility index (Phi) is 4.68. The Balaban J connectivity index is 2.78. The summed E-state index contributed by atoms with van der Waals surface area (Å²) in [5.41, 5.74) is 5.92. The number of nitrogens with two attached hydrogens (primary N) is 1. The van der Waals surface area contributed by atoms with Gasteiger partial charge in [0.05, 0.1) is 6.61 Å². The number of nitrogens with one attached hydrogen (secondary N) is 1. The largest absolute Gasteiger partial charge is 0.478 e. The van der Waals surface area contributed by atoms with Gasteiger partial charge in [0.2, 0.25) is 17.7 Å². The number of carbonyl (C=O) groups is 1. The number of hydrogen-bond acceptors (Lipinski definition) is 5. The summed E-state index contributed by atoms with van der Waals surface area (Å²) in [4.78, 5) is 19.2. The summed E-state index contributed by atoms with van der Waals surface area (Å²) in [6.45, 7) is 6.10. The van der Waals surface area contributed by atoms with Crippen LogP contribution in [0.3, 0.4) is 0 Å². The van der Waals surface area contributed by atoms with Crippen LogP contribution in [0.4, 0.5) is 5.95 Å². The molecule has 0 aromatic carbocycles. The fourth-order valence-electron chi connectivity index (χ4n) is 1.15. The smallest absolute Gasteiger partial charge is 0.239 e. The van der Waals surface area contributed by atoms with E-state index in [1.54, 1.807) is 13.0 Å². The van der Waals surface area contributed by atoms with Crippen molar-refractivity contribution >= 4 is 11.9 Å². The molecule has 1 unspecified atom stereocenters. The average molecular weight is 238 g/mol. The molecule has 17 heavy (non-hydrogen) atoms. The van der Waals surface area contributed by atoms with E-state index in [4.69, 9.17) is 10.5 Å². The zero-order chi connectivity index (χ0) is 12.8. The van der Waals surface area contributed by atoms with Gasteiger partial charge in [-0.1, -0.05) is 6.92 Å². The monoisotopic (exact) mass is 238 g/mol. The molecule has 1 heterocycles. The fraction of sp³-hybridized carbons (Fsp3) is 0.545. The lowest BCUT2D eigenvalue weighted by Gasteiger charge is -2.11. The molecule has 0 aliphatic rings. The van der Waals surface area contributed by atoms with E-state index in [1.165, 1.54) is 0 Å². The molecule has 1 aromatic heterocycles. The number of ether oxygens (including phenoxy) is 1. The predicted molar refractivity (Wildman–Crippen MR) is 64.8 cm³/mol. The summed E-state index contributed by atoms with van der Waals surface area (Å²) in [5, 5.41) is 2.82. The van der Waals surface area contributed by atoms with Gasteiger partial charge in [-0.15, -0.1) is 0 Å². The van der Waals surface area contributed by atoms with E-state index in [1.807, 2.05) is 13.8 Å². The van der Waals surface area contributed by atoms with E-state index in [2.05, 4.69) is 15.3 Å². The fourth-order valence-corrected chi connectivity index (χ4v) is 1.15. The molecular formula is C11H18N4O2. The lowest BCUT2D eigenvalue weighted by atomic mass is 10.3. The molecule has 1 rings (SSSR count). The second kappa shape index (κ2) is 6.03. The molecule has 1 amide bonds. The van der Waals surface area contributed by atoms with Crippen molar-refractivity contribution in [2.45, 2.75) is 33.2 Å². The molecule has 3 N–H and O–H groups in total. The van der Waals surface area contributed by atoms with Gasteiger partial charge in [0.1, 0.15) is 6.04 Å². The lowest BCUT2D eigenvalue weighted by Crippen LogP contribution is -2.33. The molecule has 0 bridgehead atoms. The van der Waals surface area contributed by atoms with E-state index >= 15 is 0 Å². The number of rotatable bonds is 6. The maximum atomic E-state index is 10.9. The molecule has 0 aliphatic carbocycles. The molecule has 0 spiro atoms. The van der Waals surface area contributed by atoms with Crippen LogP contribution in [0, 0.1) is 6.92 Å². The van der Waals surface area contributed by atoms with Crippen molar-refractivity contribution in [3.63, 3.8) is 0 Å².